The van der Waals surface area contributed by atoms with Crippen molar-refractivity contribution >= 4 is 14.1 Å². The molecule has 27 heavy (non-hydrogen) atoms. The SMILES string of the molecule is CC1=[C]([Zr+2][C]2(C)C(C)=C(C)C(C)=C2C)c2c(ccc3ccccc23)C1.[Cl-].[Cl-]. The van der Waals surface area contributed by atoms with Crippen molar-refractivity contribution in [1.82, 2.24) is 0 Å². The Morgan fingerprint density at radius 2 is 1.41 bits per heavy atom. The van der Waals surface area contributed by atoms with Gasteiger partial charge in [0.1, 0.15) is 0 Å². The summed E-state index contributed by atoms with van der Waals surface area (Å²) in [7, 11) is 0. The Balaban J connectivity index is 0.00000131. The van der Waals surface area contributed by atoms with Crippen LogP contribution in [0.5, 0.6) is 0 Å². The molecule has 0 nitrogen and oxygen atoms in total. The van der Waals surface area contributed by atoms with Crippen LogP contribution < -0.4 is 24.8 Å². The van der Waals surface area contributed by atoms with Crippen LogP contribution in [0.4, 0.5) is 0 Å². The van der Waals surface area contributed by atoms with Crippen molar-refractivity contribution < 1.29 is 48.0 Å². The van der Waals surface area contributed by atoms with Gasteiger partial charge in [-0.1, -0.05) is 0 Å². The van der Waals surface area contributed by atoms with Gasteiger partial charge in [0, 0.05) is 0 Å². The van der Waals surface area contributed by atoms with E-state index < -0.39 is 23.2 Å². The Morgan fingerprint density at radius 3 is 2.04 bits per heavy atom. The van der Waals surface area contributed by atoms with Crippen LogP contribution in [0.3, 0.4) is 0 Å². The average Bonchev–Trinajstić information content (AvgIpc) is 3.00. The van der Waals surface area contributed by atoms with Crippen molar-refractivity contribution in [1.29, 1.82) is 0 Å². The van der Waals surface area contributed by atoms with Crippen molar-refractivity contribution in [3.63, 3.8) is 0 Å². The fraction of sp³-hybridized carbons (Fsp3) is 0.333. The molecule has 2 aromatic carbocycles. The van der Waals surface area contributed by atoms with E-state index in [1.54, 1.807) is 31.1 Å². The maximum absolute atomic E-state index is 2.52. The van der Waals surface area contributed by atoms with Crippen molar-refractivity contribution in [2.45, 2.75) is 51.1 Å². The van der Waals surface area contributed by atoms with Crippen LogP contribution in [-0.4, -0.2) is 0 Å². The van der Waals surface area contributed by atoms with Gasteiger partial charge in [-0.2, -0.15) is 0 Å². The molecule has 0 aliphatic heterocycles. The zero-order valence-corrected chi connectivity index (χ0v) is 20.9. The second-order valence-corrected chi connectivity index (χ2v) is 12.2. The molecule has 2 aliphatic carbocycles. The standard InChI is InChI=1S/C14H11.C10H15.2ClH.Zr/c1-10-8-12-7-6-11-4-2-3-5-13(11)14(12)9-10;1-6-7(2)9(4)10(5)8(6)3;;;/h2-7H,8H2,1H3;1-5H3;2*1H;/q;;;;+2/p-2. The molecule has 0 atom stereocenters. The molecule has 0 spiro atoms. The zero-order valence-electron chi connectivity index (χ0n) is 16.9. The molecule has 0 saturated heterocycles. The van der Waals surface area contributed by atoms with E-state index in [2.05, 4.69) is 77.9 Å². The topological polar surface area (TPSA) is 0 Å². The monoisotopic (exact) mass is 474 g/mol. The predicted octanol–water partition coefficient (Wildman–Crippen LogP) is 1.08. The second kappa shape index (κ2) is 8.02. The summed E-state index contributed by atoms with van der Waals surface area (Å²) in [5.41, 5.74) is 11.1. The Bertz CT molecular complexity index is 984. The average molecular weight is 477 g/mol. The molecule has 3 heteroatoms. The fourth-order valence-electron chi connectivity index (χ4n) is 4.55. The van der Waals surface area contributed by atoms with Gasteiger partial charge in [0.15, 0.2) is 0 Å². The van der Waals surface area contributed by atoms with E-state index in [9.17, 15) is 0 Å². The first-order valence-corrected chi connectivity index (χ1v) is 11.7. The van der Waals surface area contributed by atoms with Gasteiger partial charge >= 0.3 is 164 Å². The third-order valence-corrected chi connectivity index (χ3v) is 12.1. The molecule has 0 saturated carbocycles. The van der Waals surface area contributed by atoms with Crippen LogP contribution in [0, 0.1) is 0 Å². The van der Waals surface area contributed by atoms with Crippen molar-refractivity contribution in [3.8, 4) is 0 Å². The number of allylic oxidation sites excluding steroid dienone is 5. The molecule has 0 radical (unpaired) electrons. The summed E-state index contributed by atoms with van der Waals surface area (Å²) in [6.45, 7) is 14.3. The molecule has 0 heterocycles. The van der Waals surface area contributed by atoms with Crippen LogP contribution in [0.1, 0.15) is 52.7 Å². The minimum atomic E-state index is -0.827. The van der Waals surface area contributed by atoms with E-state index in [-0.39, 0.29) is 24.8 Å². The molecule has 0 fully saturated rings. The first-order chi connectivity index (χ1) is 11.8. The summed E-state index contributed by atoms with van der Waals surface area (Å²) in [6, 6.07) is 13.6. The number of hydrogen-bond acceptors (Lipinski definition) is 0. The maximum Gasteiger partial charge on any atom is -1.00 e. The van der Waals surface area contributed by atoms with E-state index >= 15 is 0 Å². The van der Waals surface area contributed by atoms with E-state index in [0.29, 0.717) is 3.12 Å². The fourth-order valence-corrected chi connectivity index (χ4v) is 9.39. The van der Waals surface area contributed by atoms with Crippen LogP contribution in [0.15, 0.2) is 64.3 Å². The van der Waals surface area contributed by atoms with Gasteiger partial charge in [-0.25, -0.2) is 0 Å². The molecule has 0 N–H and O–H groups in total. The van der Waals surface area contributed by atoms with E-state index in [1.807, 2.05) is 0 Å². The third-order valence-electron chi connectivity index (χ3n) is 6.71. The molecule has 4 rings (SSSR count). The van der Waals surface area contributed by atoms with E-state index in [1.165, 1.54) is 21.9 Å². The quantitative estimate of drug-likeness (QED) is 0.609. The molecular weight excluding hydrogens is 450 g/mol. The minimum absolute atomic E-state index is 0. The molecular formula is C24H26Cl2Zr. The second-order valence-electron chi connectivity index (χ2n) is 7.90. The molecule has 0 amide bonds. The smallest absolute Gasteiger partial charge is 1.00 e. The van der Waals surface area contributed by atoms with Crippen LogP contribution >= 0.6 is 0 Å². The largest absolute Gasteiger partial charge is 1.00 e. The van der Waals surface area contributed by atoms with Crippen LogP contribution in [-0.2, 0) is 29.7 Å². The van der Waals surface area contributed by atoms with Gasteiger partial charge in [0.05, 0.1) is 0 Å². The molecule has 0 aromatic heterocycles. The molecule has 0 unspecified atom stereocenters. The van der Waals surface area contributed by atoms with Crippen molar-refractivity contribution in [2.75, 3.05) is 0 Å². The summed E-state index contributed by atoms with van der Waals surface area (Å²) in [6.07, 6.45) is 1.15. The summed E-state index contributed by atoms with van der Waals surface area (Å²) in [5.74, 6) is 0. The Hall–Kier alpha value is -0.617. The third kappa shape index (κ3) is 3.35. The van der Waals surface area contributed by atoms with Crippen molar-refractivity contribution in [2.24, 2.45) is 0 Å². The van der Waals surface area contributed by atoms with Gasteiger partial charge in [0.2, 0.25) is 0 Å². The summed E-state index contributed by atoms with van der Waals surface area (Å²) < 4.78 is 2.08. The number of fused-ring (bicyclic) bond motifs is 3. The first kappa shape index (κ1) is 22.7. The van der Waals surface area contributed by atoms with Gasteiger partial charge in [0.25, 0.3) is 0 Å². The normalized spacial score (nSPS) is 17.7. The van der Waals surface area contributed by atoms with Gasteiger partial charge in [-0.05, 0) is 0 Å². The van der Waals surface area contributed by atoms with Gasteiger partial charge < -0.3 is 24.8 Å². The summed E-state index contributed by atoms with van der Waals surface area (Å²) in [5, 5.41) is 2.85. The Kier molecular flexibility index (Phi) is 6.73. The van der Waals surface area contributed by atoms with Gasteiger partial charge in [-0.3, -0.25) is 0 Å². The maximum atomic E-state index is 2.52. The predicted molar refractivity (Wildman–Crippen MR) is 105 cm³/mol. The molecule has 2 aliphatic rings. The summed E-state index contributed by atoms with van der Waals surface area (Å²) >= 11 is -0.827. The van der Waals surface area contributed by atoms with Gasteiger partial charge in [-0.15, -0.1) is 0 Å². The molecule has 2 aromatic rings. The zero-order chi connectivity index (χ0) is 17.9. The van der Waals surface area contributed by atoms with Crippen LogP contribution in [0.25, 0.3) is 14.1 Å². The number of hydrogen-bond donors (Lipinski definition) is 0. The first-order valence-electron chi connectivity index (χ1n) is 9.20. The number of rotatable bonds is 2. The van der Waals surface area contributed by atoms with E-state index in [0.717, 1.165) is 6.42 Å². The molecule has 140 valence electrons. The Morgan fingerprint density at radius 1 is 0.815 bits per heavy atom. The minimum Gasteiger partial charge on any atom is -1.00 e. The Labute approximate surface area is 187 Å². The van der Waals surface area contributed by atoms with E-state index in [4.69, 9.17) is 0 Å². The number of halogens is 2. The van der Waals surface area contributed by atoms with Crippen LogP contribution in [0.2, 0.25) is 3.12 Å². The molecule has 0 bridgehead atoms. The number of benzene rings is 2. The summed E-state index contributed by atoms with van der Waals surface area (Å²) in [4.78, 5) is 0. The van der Waals surface area contributed by atoms with Crippen molar-refractivity contribution in [3.05, 3.63) is 75.4 Å².